The summed E-state index contributed by atoms with van der Waals surface area (Å²) in [5.74, 6) is -0.177. The lowest BCUT2D eigenvalue weighted by atomic mass is 10.0. The lowest BCUT2D eigenvalue weighted by Crippen LogP contribution is -2.35. The van der Waals surface area contributed by atoms with Gasteiger partial charge in [0.05, 0.1) is 25.6 Å². The normalized spacial score (nSPS) is 11.6. The molecule has 1 N–H and O–H groups in total. The van der Waals surface area contributed by atoms with Gasteiger partial charge in [0.25, 0.3) is 5.91 Å². The minimum atomic E-state index is -0.412. The summed E-state index contributed by atoms with van der Waals surface area (Å²) >= 11 is 3.29. The third-order valence-corrected chi connectivity index (χ3v) is 6.85. The van der Waals surface area contributed by atoms with Gasteiger partial charge in [-0.15, -0.1) is 22.7 Å². The van der Waals surface area contributed by atoms with Crippen molar-refractivity contribution in [1.82, 2.24) is 10.2 Å². The molecule has 0 bridgehead atoms. The van der Waals surface area contributed by atoms with Crippen molar-refractivity contribution in [1.29, 1.82) is 0 Å². The Balaban J connectivity index is 1.54. The van der Waals surface area contributed by atoms with Crippen LogP contribution in [0.2, 0.25) is 0 Å². The van der Waals surface area contributed by atoms with E-state index in [4.69, 9.17) is 0 Å². The Bertz CT molecular complexity index is 1080. The van der Waals surface area contributed by atoms with Gasteiger partial charge in [-0.2, -0.15) is 0 Å². The largest absolute Gasteiger partial charge is 0.345 e. The average Bonchev–Trinajstić information content (AvgIpc) is 3.54. The molecule has 4 nitrogen and oxygen atoms in total. The first-order chi connectivity index (χ1) is 15.7. The molecule has 0 aliphatic carbocycles. The maximum Gasteiger partial charge on any atom is 0.251 e. The molecule has 2 heterocycles. The maximum absolute atomic E-state index is 13.5. The van der Waals surface area contributed by atoms with E-state index in [1.807, 2.05) is 88.5 Å². The molecule has 4 aromatic rings. The molecule has 0 aliphatic heterocycles. The maximum atomic E-state index is 13.5. The molecule has 0 radical (unpaired) electrons. The van der Waals surface area contributed by atoms with Crippen LogP contribution in [0.4, 0.5) is 0 Å². The fourth-order valence-corrected chi connectivity index (χ4v) is 4.92. The van der Waals surface area contributed by atoms with Gasteiger partial charge < -0.3 is 10.2 Å². The third kappa shape index (κ3) is 5.93. The minimum Gasteiger partial charge on any atom is -0.345 e. The summed E-state index contributed by atoms with van der Waals surface area (Å²) in [6, 6.07) is 26.5. The molecule has 0 fully saturated rings. The molecule has 0 saturated carbocycles. The molecule has 2 aromatic heterocycles. The Morgan fingerprint density at radius 1 is 0.750 bits per heavy atom. The molecule has 2 amide bonds. The lowest BCUT2D eigenvalue weighted by Gasteiger charge is -2.25. The van der Waals surface area contributed by atoms with Crippen LogP contribution < -0.4 is 5.32 Å². The molecule has 2 aromatic carbocycles. The Hall–Kier alpha value is -3.22. The molecule has 4 rings (SSSR count). The first-order valence-electron chi connectivity index (χ1n) is 10.4. The zero-order chi connectivity index (χ0) is 22.2. The molecular weight excluding hydrogens is 436 g/mol. The van der Waals surface area contributed by atoms with Crippen molar-refractivity contribution in [2.24, 2.45) is 0 Å². The number of hydrogen-bond acceptors (Lipinski definition) is 4. The summed E-state index contributed by atoms with van der Waals surface area (Å²) in [6.07, 6.45) is 0.194. The molecule has 1 unspecified atom stereocenters. The zero-order valence-corrected chi connectivity index (χ0v) is 19.1. The number of nitrogens with zero attached hydrogens (tertiary/aromatic N) is 1. The predicted octanol–water partition coefficient (Wildman–Crippen LogP) is 5.90. The third-order valence-electron chi connectivity index (χ3n) is 5.13. The quantitative estimate of drug-likeness (QED) is 0.338. The van der Waals surface area contributed by atoms with Crippen LogP contribution in [0.25, 0.3) is 0 Å². The van der Waals surface area contributed by atoms with Gasteiger partial charge in [0.15, 0.2) is 0 Å². The van der Waals surface area contributed by atoms with E-state index in [2.05, 4.69) is 5.32 Å². The Labute approximate surface area is 196 Å². The highest BCUT2D eigenvalue weighted by molar-refractivity contribution is 7.10. The first kappa shape index (κ1) is 22.0. The van der Waals surface area contributed by atoms with Crippen LogP contribution in [0.5, 0.6) is 0 Å². The van der Waals surface area contributed by atoms with Gasteiger partial charge in [0.1, 0.15) is 0 Å². The van der Waals surface area contributed by atoms with Gasteiger partial charge in [0, 0.05) is 15.3 Å². The second-order valence-corrected chi connectivity index (χ2v) is 9.48. The molecule has 0 saturated heterocycles. The van der Waals surface area contributed by atoms with Crippen LogP contribution in [-0.2, 0) is 17.9 Å². The average molecular weight is 461 g/mol. The summed E-state index contributed by atoms with van der Waals surface area (Å²) < 4.78 is 0. The van der Waals surface area contributed by atoms with Crippen molar-refractivity contribution >= 4 is 34.5 Å². The minimum absolute atomic E-state index is 0.00835. The molecule has 0 aliphatic rings. The standard InChI is InChI=1S/C26H24N2O2S2/c29-25(28(18-22-13-7-15-31-22)19-23-14-8-16-32-23)17-24(20-9-3-1-4-10-20)27-26(30)21-11-5-2-6-12-21/h1-16,24H,17-19H2,(H,27,30). The summed E-state index contributed by atoms with van der Waals surface area (Å²) in [5.41, 5.74) is 1.49. The smallest absolute Gasteiger partial charge is 0.251 e. The van der Waals surface area contributed by atoms with Gasteiger partial charge in [-0.25, -0.2) is 0 Å². The Kier molecular flexibility index (Phi) is 7.48. The van der Waals surface area contributed by atoms with Crippen LogP contribution in [0.3, 0.4) is 0 Å². The molecule has 6 heteroatoms. The van der Waals surface area contributed by atoms with Crippen molar-refractivity contribution in [3.05, 3.63) is 117 Å². The van der Waals surface area contributed by atoms with Crippen molar-refractivity contribution in [3.8, 4) is 0 Å². The topological polar surface area (TPSA) is 49.4 Å². The number of carbonyl (C=O) groups excluding carboxylic acids is 2. The predicted molar refractivity (Wildman–Crippen MR) is 131 cm³/mol. The van der Waals surface area contributed by atoms with E-state index in [-0.39, 0.29) is 18.2 Å². The van der Waals surface area contributed by atoms with Crippen LogP contribution >= 0.6 is 22.7 Å². The summed E-state index contributed by atoms with van der Waals surface area (Å²) in [5, 5.41) is 7.12. The highest BCUT2D eigenvalue weighted by atomic mass is 32.1. The van der Waals surface area contributed by atoms with E-state index < -0.39 is 6.04 Å². The fraction of sp³-hybridized carbons (Fsp3) is 0.154. The second kappa shape index (κ2) is 10.9. The Morgan fingerprint density at radius 3 is 1.84 bits per heavy atom. The second-order valence-electron chi connectivity index (χ2n) is 7.42. The molecule has 32 heavy (non-hydrogen) atoms. The van der Waals surface area contributed by atoms with Crippen molar-refractivity contribution in [2.45, 2.75) is 25.6 Å². The van der Waals surface area contributed by atoms with Crippen LogP contribution in [0, 0.1) is 0 Å². The summed E-state index contributed by atoms with van der Waals surface area (Å²) in [4.78, 5) is 30.5. The number of benzene rings is 2. The van der Waals surface area contributed by atoms with E-state index in [9.17, 15) is 9.59 Å². The van der Waals surface area contributed by atoms with Gasteiger partial charge in [0.2, 0.25) is 5.91 Å². The number of thiophene rings is 2. The van der Waals surface area contributed by atoms with Gasteiger partial charge in [-0.3, -0.25) is 9.59 Å². The van der Waals surface area contributed by atoms with E-state index >= 15 is 0 Å². The van der Waals surface area contributed by atoms with Crippen LogP contribution in [-0.4, -0.2) is 16.7 Å². The first-order valence-corrected chi connectivity index (χ1v) is 12.2. The highest BCUT2D eigenvalue weighted by Crippen LogP contribution is 2.23. The SMILES string of the molecule is O=C(NC(CC(=O)N(Cc1cccs1)Cc1cccs1)c1ccccc1)c1ccccc1. The number of hydrogen-bond donors (Lipinski definition) is 1. The van der Waals surface area contributed by atoms with Gasteiger partial charge in [-0.1, -0.05) is 60.7 Å². The van der Waals surface area contributed by atoms with E-state index in [1.165, 1.54) is 0 Å². The van der Waals surface area contributed by atoms with Gasteiger partial charge >= 0.3 is 0 Å². The Morgan fingerprint density at radius 2 is 1.31 bits per heavy atom. The number of amides is 2. The summed E-state index contributed by atoms with van der Waals surface area (Å²) in [6.45, 7) is 1.12. The van der Waals surface area contributed by atoms with E-state index in [0.29, 0.717) is 18.7 Å². The van der Waals surface area contributed by atoms with E-state index in [0.717, 1.165) is 15.3 Å². The summed E-state index contributed by atoms with van der Waals surface area (Å²) in [7, 11) is 0. The van der Waals surface area contributed by atoms with Crippen molar-refractivity contribution in [2.75, 3.05) is 0 Å². The molecular formula is C26H24N2O2S2. The molecule has 1 atom stereocenters. The number of nitrogens with one attached hydrogen (secondary N) is 1. The monoisotopic (exact) mass is 460 g/mol. The lowest BCUT2D eigenvalue weighted by molar-refractivity contribution is -0.132. The van der Waals surface area contributed by atoms with Crippen molar-refractivity contribution < 1.29 is 9.59 Å². The van der Waals surface area contributed by atoms with Crippen LogP contribution in [0.15, 0.2) is 95.7 Å². The number of carbonyl (C=O) groups is 2. The van der Waals surface area contributed by atoms with Crippen LogP contribution in [0.1, 0.15) is 38.1 Å². The van der Waals surface area contributed by atoms with Gasteiger partial charge in [-0.05, 0) is 40.6 Å². The molecule has 0 spiro atoms. The number of rotatable bonds is 9. The highest BCUT2D eigenvalue weighted by Gasteiger charge is 2.23. The van der Waals surface area contributed by atoms with Crippen molar-refractivity contribution in [3.63, 3.8) is 0 Å². The van der Waals surface area contributed by atoms with E-state index in [1.54, 1.807) is 34.8 Å². The fourth-order valence-electron chi connectivity index (χ4n) is 3.49. The zero-order valence-electron chi connectivity index (χ0n) is 17.5. The molecule has 162 valence electrons.